The van der Waals surface area contributed by atoms with Crippen LogP contribution in [0.25, 0.3) is 0 Å². The van der Waals surface area contributed by atoms with Crippen molar-refractivity contribution in [1.29, 1.82) is 0 Å². The second-order valence-electron chi connectivity index (χ2n) is 9.97. The Labute approximate surface area is 187 Å². The number of benzene rings is 2. The van der Waals surface area contributed by atoms with E-state index < -0.39 is 8.69 Å². The van der Waals surface area contributed by atoms with Crippen LogP contribution in [0.4, 0.5) is 4.20 Å². The van der Waals surface area contributed by atoms with Gasteiger partial charge in [0.1, 0.15) is 11.5 Å². The van der Waals surface area contributed by atoms with Gasteiger partial charge in [0.2, 0.25) is 0 Å². The lowest BCUT2D eigenvalue weighted by molar-refractivity contribution is 0.286. The lowest BCUT2D eigenvalue weighted by Crippen LogP contribution is -2.25. The number of rotatable bonds is 5. The summed E-state index contributed by atoms with van der Waals surface area (Å²) in [4.78, 5) is 0. The zero-order chi connectivity index (χ0) is 21.4. The van der Waals surface area contributed by atoms with E-state index in [1.54, 1.807) is 0 Å². The van der Waals surface area contributed by atoms with Crippen molar-refractivity contribution < 1.29 is 13.2 Å². The van der Waals surface area contributed by atoms with Crippen LogP contribution in [0.3, 0.4) is 0 Å². The molecule has 0 amide bonds. The molecule has 2 fully saturated rings. The first kappa shape index (κ1) is 21.3. The Morgan fingerprint density at radius 3 is 2.39 bits per heavy atom. The van der Waals surface area contributed by atoms with Crippen molar-refractivity contribution in [3.8, 4) is 11.5 Å². The first-order valence-electron chi connectivity index (χ1n) is 12.1. The second-order valence-corrected chi connectivity index (χ2v) is 10.8. The molecule has 5 rings (SSSR count). The third-order valence-electron chi connectivity index (χ3n) is 7.67. The second kappa shape index (κ2) is 9.10. The van der Waals surface area contributed by atoms with Gasteiger partial charge in [0, 0.05) is 0 Å². The molecule has 0 radical (unpaired) electrons. The van der Waals surface area contributed by atoms with Gasteiger partial charge in [-0.1, -0.05) is 67.5 Å². The number of hydrogen-bond donors (Lipinski definition) is 0. The molecular formula is C27H34FO2P. The van der Waals surface area contributed by atoms with E-state index in [0.29, 0.717) is 23.5 Å². The molecule has 0 aromatic heterocycles. The van der Waals surface area contributed by atoms with Gasteiger partial charge in [0.25, 0.3) is 0 Å². The largest absolute Gasteiger partial charge is 0.505 e. The van der Waals surface area contributed by atoms with Crippen LogP contribution < -0.4 is 9.05 Å². The first-order valence-corrected chi connectivity index (χ1v) is 13.2. The van der Waals surface area contributed by atoms with Gasteiger partial charge in [0.05, 0.1) is 0 Å². The SMILES string of the molecule is Cc1ccc(OP(F)Oc2c3cc(C)cc2C2CCCCC2C3)c(C2CCCCC2)c1. The minimum absolute atomic E-state index is 0.472. The van der Waals surface area contributed by atoms with Gasteiger partial charge in [0.15, 0.2) is 0 Å². The number of fused-ring (bicyclic) bond motifs is 4. The summed E-state index contributed by atoms with van der Waals surface area (Å²) in [6.45, 7) is 4.24. The topological polar surface area (TPSA) is 18.5 Å². The van der Waals surface area contributed by atoms with Crippen molar-refractivity contribution in [1.82, 2.24) is 0 Å². The van der Waals surface area contributed by atoms with Crippen LogP contribution in [0, 0.1) is 19.8 Å². The van der Waals surface area contributed by atoms with Gasteiger partial charge >= 0.3 is 8.69 Å². The van der Waals surface area contributed by atoms with Gasteiger partial charge in [-0.15, -0.1) is 4.20 Å². The van der Waals surface area contributed by atoms with E-state index >= 15 is 4.20 Å². The fourth-order valence-corrected chi connectivity index (χ4v) is 6.94. The molecule has 0 N–H and O–H groups in total. The molecule has 0 spiro atoms. The van der Waals surface area contributed by atoms with Crippen molar-refractivity contribution in [3.63, 3.8) is 0 Å². The summed E-state index contributed by atoms with van der Waals surface area (Å²) in [5.74, 6) is 3.12. The maximum absolute atomic E-state index is 15.3. The quantitative estimate of drug-likeness (QED) is 0.432. The average molecular weight is 441 g/mol. The highest BCUT2D eigenvalue weighted by atomic mass is 31.2. The van der Waals surface area contributed by atoms with Gasteiger partial charge in [-0.3, -0.25) is 0 Å². The van der Waals surface area contributed by atoms with E-state index in [0.717, 1.165) is 17.7 Å². The van der Waals surface area contributed by atoms with E-state index in [4.69, 9.17) is 9.05 Å². The van der Waals surface area contributed by atoms with Gasteiger partial charge in [-0.05, 0) is 86.5 Å². The molecule has 0 aliphatic heterocycles. The van der Waals surface area contributed by atoms with Gasteiger partial charge in [-0.25, -0.2) is 0 Å². The Balaban J connectivity index is 1.38. The van der Waals surface area contributed by atoms with Crippen molar-refractivity contribution >= 4 is 8.69 Å². The molecule has 0 heterocycles. The van der Waals surface area contributed by atoms with Crippen LogP contribution in [-0.2, 0) is 6.42 Å². The fraction of sp³-hybridized carbons (Fsp3) is 0.556. The summed E-state index contributed by atoms with van der Waals surface area (Å²) >= 11 is 0. The maximum Gasteiger partial charge on any atom is 0.505 e. The third kappa shape index (κ3) is 4.49. The molecule has 2 saturated carbocycles. The Kier molecular flexibility index (Phi) is 6.24. The highest BCUT2D eigenvalue weighted by molar-refractivity contribution is 7.42. The van der Waals surface area contributed by atoms with Gasteiger partial charge < -0.3 is 9.05 Å². The van der Waals surface area contributed by atoms with E-state index in [-0.39, 0.29) is 0 Å². The zero-order valence-electron chi connectivity index (χ0n) is 18.8. The molecule has 2 nitrogen and oxygen atoms in total. The summed E-state index contributed by atoms with van der Waals surface area (Å²) in [7, 11) is -2.52. The summed E-state index contributed by atoms with van der Waals surface area (Å²) in [6.07, 6.45) is 12.2. The fourth-order valence-electron chi connectivity index (χ4n) is 6.21. The summed E-state index contributed by atoms with van der Waals surface area (Å²) in [6, 6.07) is 10.6. The van der Waals surface area contributed by atoms with Crippen molar-refractivity contribution in [2.45, 2.75) is 89.9 Å². The number of hydrogen-bond acceptors (Lipinski definition) is 2. The molecule has 2 bridgehead atoms. The minimum atomic E-state index is -2.52. The highest BCUT2D eigenvalue weighted by Crippen LogP contribution is 2.54. The first-order chi connectivity index (χ1) is 15.1. The van der Waals surface area contributed by atoms with E-state index in [2.05, 4.69) is 32.0 Å². The molecule has 0 saturated heterocycles. The predicted octanol–water partition coefficient (Wildman–Crippen LogP) is 8.84. The smallest absolute Gasteiger partial charge is 0.414 e. The van der Waals surface area contributed by atoms with Crippen LogP contribution in [-0.4, -0.2) is 0 Å². The summed E-state index contributed by atoms with van der Waals surface area (Å²) in [5, 5.41) is 0. The molecule has 2 aromatic carbocycles. The zero-order valence-corrected chi connectivity index (χ0v) is 19.7. The minimum Gasteiger partial charge on any atom is -0.414 e. The molecule has 2 aromatic rings. The molecule has 31 heavy (non-hydrogen) atoms. The highest BCUT2D eigenvalue weighted by Gasteiger charge is 2.36. The van der Waals surface area contributed by atoms with Crippen molar-refractivity contribution in [2.24, 2.45) is 5.92 Å². The molecule has 3 unspecified atom stereocenters. The lowest BCUT2D eigenvalue weighted by Gasteiger charge is -2.38. The molecule has 166 valence electrons. The third-order valence-corrected chi connectivity index (χ3v) is 8.34. The standard InChI is InChI=1S/C27H34FO2P/c1-18-12-13-26(24(15-18)20-8-4-3-5-9-20)29-31(28)30-27-22-14-19(2)16-25(27)23-11-7-6-10-21(23)17-22/h12-16,20-21,23H,3-11,17H2,1-2H3. The Hall–Kier alpha value is -1.60. The van der Waals surface area contributed by atoms with Crippen LogP contribution in [0.15, 0.2) is 30.3 Å². The molecular weight excluding hydrogens is 406 g/mol. The molecule has 4 heteroatoms. The normalized spacial score (nSPS) is 24.4. The van der Waals surface area contributed by atoms with E-state index in [9.17, 15) is 0 Å². The average Bonchev–Trinajstić information content (AvgIpc) is 2.76. The van der Waals surface area contributed by atoms with Crippen molar-refractivity contribution in [3.05, 3.63) is 58.1 Å². The van der Waals surface area contributed by atoms with Crippen LogP contribution >= 0.6 is 8.69 Å². The monoisotopic (exact) mass is 440 g/mol. The Morgan fingerprint density at radius 2 is 1.55 bits per heavy atom. The predicted molar refractivity (Wildman–Crippen MR) is 126 cm³/mol. The Bertz CT molecular complexity index is 937. The van der Waals surface area contributed by atoms with E-state index in [1.807, 2.05) is 12.1 Å². The van der Waals surface area contributed by atoms with Crippen LogP contribution in [0.1, 0.15) is 97.4 Å². The lowest BCUT2D eigenvalue weighted by atomic mass is 9.68. The maximum atomic E-state index is 15.3. The van der Waals surface area contributed by atoms with Crippen LogP contribution in [0.5, 0.6) is 11.5 Å². The number of aryl methyl sites for hydroxylation is 2. The Morgan fingerprint density at radius 1 is 0.806 bits per heavy atom. The summed E-state index contributed by atoms with van der Waals surface area (Å²) < 4.78 is 27.1. The van der Waals surface area contributed by atoms with Gasteiger partial charge in [-0.2, -0.15) is 0 Å². The van der Waals surface area contributed by atoms with Crippen LogP contribution in [0.2, 0.25) is 0 Å². The number of halogens is 1. The van der Waals surface area contributed by atoms with E-state index in [1.165, 1.54) is 80.0 Å². The molecule has 3 aliphatic carbocycles. The molecule has 3 aliphatic rings. The summed E-state index contributed by atoms with van der Waals surface area (Å²) in [5.41, 5.74) is 6.01. The van der Waals surface area contributed by atoms with Crippen molar-refractivity contribution in [2.75, 3.05) is 0 Å². The molecule has 3 atom stereocenters.